The summed E-state index contributed by atoms with van der Waals surface area (Å²) in [7, 11) is 3.16. The Labute approximate surface area is 112 Å². The number of amides is 1. The van der Waals surface area contributed by atoms with E-state index in [1.807, 2.05) is 6.92 Å². The van der Waals surface area contributed by atoms with Crippen molar-refractivity contribution in [2.45, 2.75) is 18.9 Å². The van der Waals surface area contributed by atoms with Crippen LogP contribution in [0.5, 0.6) is 0 Å². The third-order valence-electron chi connectivity index (χ3n) is 2.88. The third-order valence-corrected chi connectivity index (χ3v) is 2.88. The first-order chi connectivity index (χ1) is 8.99. The molecule has 0 aliphatic carbocycles. The van der Waals surface area contributed by atoms with Crippen molar-refractivity contribution in [1.82, 2.24) is 5.32 Å². The monoisotopic (exact) mass is 269 g/mol. The number of rotatable bonds is 7. The molecule has 0 aromatic heterocycles. The first-order valence-corrected chi connectivity index (χ1v) is 6.04. The molecule has 0 bridgehead atoms. The molecule has 0 aliphatic heterocycles. The maximum Gasteiger partial charge on any atom is 0.224 e. The summed E-state index contributed by atoms with van der Waals surface area (Å²) in [6.45, 7) is 2.60. The Morgan fingerprint density at radius 2 is 1.95 bits per heavy atom. The lowest BCUT2D eigenvalue weighted by Crippen LogP contribution is -2.45. The lowest BCUT2D eigenvalue weighted by molar-refractivity contribution is -0.122. The van der Waals surface area contributed by atoms with Gasteiger partial charge in [-0.05, 0) is 24.6 Å². The fourth-order valence-corrected chi connectivity index (χ4v) is 1.62. The molecule has 0 aliphatic rings. The molecule has 1 aromatic carbocycles. The molecule has 19 heavy (non-hydrogen) atoms. The van der Waals surface area contributed by atoms with Gasteiger partial charge < -0.3 is 14.8 Å². The van der Waals surface area contributed by atoms with E-state index in [0.29, 0.717) is 13.2 Å². The normalized spacial score (nSPS) is 13.9. The highest BCUT2D eigenvalue weighted by Gasteiger charge is 2.24. The fraction of sp³-hybridized carbons (Fsp3) is 0.500. The van der Waals surface area contributed by atoms with Crippen molar-refractivity contribution < 1.29 is 18.7 Å². The molecule has 0 fully saturated rings. The Morgan fingerprint density at radius 3 is 2.47 bits per heavy atom. The van der Waals surface area contributed by atoms with E-state index in [4.69, 9.17) is 9.47 Å². The topological polar surface area (TPSA) is 47.6 Å². The SMILES string of the molecule is COC[C@@](C)(CNC(=O)Cc1ccc(F)cc1)OC. The Kier molecular flexibility index (Phi) is 5.92. The third kappa shape index (κ3) is 5.36. The second-order valence-corrected chi connectivity index (χ2v) is 4.67. The number of benzene rings is 1. The van der Waals surface area contributed by atoms with Gasteiger partial charge in [-0.3, -0.25) is 4.79 Å². The van der Waals surface area contributed by atoms with Gasteiger partial charge in [0, 0.05) is 20.8 Å². The second-order valence-electron chi connectivity index (χ2n) is 4.67. The number of ether oxygens (including phenoxy) is 2. The highest BCUT2D eigenvalue weighted by atomic mass is 19.1. The summed E-state index contributed by atoms with van der Waals surface area (Å²) in [5.74, 6) is -0.442. The lowest BCUT2D eigenvalue weighted by Gasteiger charge is -2.27. The first-order valence-electron chi connectivity index (χ1n) is 6.04. The van der Waals surface area contributed by atoms with Crippen molar-refractivity contribution >= 4 is 5.91 Å². The average molecular weight is 269 g/mol. The van der Waals surface area contributed by atoms with Gasteiger partial charge in [0.25, 0.3) is 0 Å². The number of hydrogen-bond donors (Lipinski definition) is 1. The summed E-state index contributed by atoms with van der Waals surface area (Å²) in [6, 6.07) is 5.87. The Hall–Kier alpha value is -1.46. The highest BCUT2D eigenvalue weighted by Crippen LogP contribution is 2.08. The van der Waals surface area contributed by atoms with Crippen LogP contribution in [0.1, 0.15) is 12.5 Å². The number of methoxy groups -OCH3 is 2. The minimum Gasteiger partial charge on any atom is -0.382 e. The zero-order chi connectivity index (χ0) is 14.3. The molecule has 0 saturated heterocycles. The van der Waals surface area contributed by atoms with Crippen LogP contribution in [0.3, 0.4) is 0 Å². The molecule has 5 heteroatoms. The molecule has 1 rings (SSSR count). The zero-order valence-corrected chi connectivity index (χ0v) is 11.5. The van der Waals surface area contributed by atoms with Crippen molar-refractivity contribution in [3.05, 3.63) is 35.6 Å². The maximum atomic E-state index is 12.7. The van der Waals surface area contributed by atoms with E-state index in [9.17, 15) is 9.18 Å². The minimum absolute atomic E-state index is 0.133. The van der Waals surface area contributed by atoms with Crippen molar-refractivity contribution in [2.24, 2.45) is 0 Å². The largest absolute Gasteiger partial charge is 0.382 e. The molecule has 1 N–H and O–H groups in total. The molecule has 0 spiro atoms. The number of nitrogens with one attached hydrogen (secondary N) is 1. The Morgan fingerprint density at radius 1 is 1.32 bits per heavy atom. The quantitative estimate of drug-likeness (QED) is 0.816. The Bertz CT molecular complexity index is 408. The van der Waals surface area contributed by atoms with Gasteiger partial charge in [-0.25, -0.2) is 4.39 Å². The van der Waals surface area contributed by atoms with Crippen LogP contribution < -0.4 is 5.32 Å². The van der Waals surface area contributed by atoms with Crippen LogP contribution >= 0.6 is 0 Å². The highest BCUT2D eigenvalue weighted by molar-refractivity contribution is 5.78. The van der Waals surface area contributed by atoms with E-state index < -0.39 is 5.60 Å². The summed E-state index contributed by atoms with van der Waals surface area (Å²) in [5, 5.41) is 2.78. The summed E-state index contributed by atoms with van der Waals surface area (Å²) in [4.78, 5) is 11.8. The predicted octanol–water partition coefficient (Wildman–Crippen LogP) is 1.54. The Balaban J connectivity index is 2.45. The van der Waals surface area contributed by atoms with Crippen LogP contribution in [0.25, 0.3) is 0 Å². The second kappa shape index (κ2) is 7.21. The van der Waals surface area contributed by atoms with Crippen LogP contribution in [0, 0.1) is 5.82 Å². The first kappa shape index (κ1) is 15.6. The summed E-state index contributed by atoms with van der Waals surface area (Å²) >= 11 is 0. The van der Waals surface area contributed by atoms with Gasteiger partial charge in [0.05, 0.1) is 13.0 Å². The zero-order valence-electron chi connectivity index (χ0n) is 11.5. The van der Waals surface area contributed by atoms with Crippen LogP contribution in [0.4, 0.5) is 4.39 Å². The van der Waals surface area contributed by atoms with Crippen molar-refractivity contribution in [3.63, 3.8) is 0 Å². The van der Waals surface area contributed by atoms with E-state index in [1.54, 1.807) is 26.4 Å². The van der Waals surface area contributed by atoms with Gasteiger partial charge in [0.1, 0.15) is 11.4 Å². The molecular weight excluding hydrogens is 249 g/mol. The van der Waals surface area contributed by atoms with Crippen LogP contribution in [0.2, 0.25) is 0 Å². The van der Waals surface area contributed by atoms with Crippen LogP contribution in [0.15, 0.2) is 24.3 Å². The van der Waals surface area contributed by atoms with Gasteiger partial charge >= 0.3 is 0 Å². The molecule has 0 heterocycles. The molecular formula is C14H20FNO3. The number of carbonyl (C=O) groups excluding carboxylic acids is 1. The smallest absolute Gasteiger partial charge is 0.224 e. The molecule has 0 radical (unpaired) electrons. The van der Waals surface area contributed by atoms with Gasteiger partial charge in [0.15, 0.2) is 0 Å². The average Bonchev–Trinajstić information content (AvgIpc) is 2.40. The number of hydrogen-bond acceptors (Lipinski definition) is 3. The van der Waals surface area contributed by atoms with E-state index in [-0.39, 0.29) is 18.1 Å². The van der Waals surface area contributed by atoms with Crippen LogP contribution in [-0.2, 0) is 20.7 Å². The van der Waals surface area contributed by atoms with Gasteiger partial charge in [-0.15, -0.1) is 0 Å². The standard InChI is InChI=1S/C14H20FNO3/c1-14(19-3,10-18-2)9-16-13(17)8-11-4-6-12(15)7-5-11/h4-7H,8-10H2,1-3H3,(H,16,17)/t14-/m1/s1. The van der Waals surface area contributed by atoms with E-state index in [1.165, 1.54) is 12.1 Å². The van der Waals surface area contributed by atoms with Crippen molar-refractivity contribution in [2.75, 3.05) is 27.4 Å². The summed E-state index contributed by atoms with van der Waals surface area (Å²) in [6.07, 6.45) is 0.215. The van der Waals surface area contributed by atoms with Gasteiger partial charge in [-0.1, -0.05) is 12.1 Å². The minimum atomic E-state index is -0.548. The number of carbonyl (C=O) groups is 1. The van der Waals surface area contributed by atoms with Gasteiger partial charge in [0.2, 0.25) is 5.91 Å². The van der Waals surface area contributed by atoms with Crippen LogP contribution in [-0.4, -0.2) is 38.9 Å². The molecule has 0 unspecified atom stereocenters. The van der Waals surface area contributed by atoms with E-state index in [2.05, 4.69) is 5.32 Å². The lowest BCUT2D eigenvalue weighted by atomic mass is 10.1. The molecule has 4 nitrogen and oxygen atoms in total. The fourth-order valence-electron chi connectivity index (χ4n) is 1.62. The van der Waals surface area contributed by atoms with E-state index >= 15 is 0 Å². The molecule has 1 aromatic rings. The van der Waals surface area contributed by atoms with Crippen molar-refractivity contribution in [1.29, 1.82) is 0 Å². The molecule has 1 atom stereocenters. The van der Waals surface area contributed by atoms with Crippen molar-refractivity contribution in [3.8, 4) is 0 Å². The molecule has 0 saturated carbocycles. The predicted molar refractivity (Wildman–Crippen MR) is 70.4 cm³/mol. The molecule has 1 amide bonds. The maximum absolute atomic E-state index is 12.7. The van der Waals surface area contributed by atoms with Gasteiger partial charge in [-0.2, -0.15) is 0 Å². The summed E-state index contributed by atoms with van der Waals surface area (Å²) in [5.41, 5.74) is 0.220. The number of halogens is 1. The summed E-state index contributed by atoms with van der Waals surface area (Å²) < 4.78 is 23.1. The molecule has 106 valence electrons. The van der Waals surface area contributed by atoms with E-state index in [0.717, 1.165) is 5.56 Å².